The van der Waals surface area contributed by atoms with Gasteiger partial charge in [-0.15, -0.1) is 0 Å². The van der Waals surface area contributed by atoms with Gasteiger partial charge in [-0.3, -0.25) is 4.79 Å². The molecule has 4 heterocycles. The first-order valence-corrected chi connectivity index (χ1v) is 10.1. The van der Waals surface area contributed by atoms with Crippen molar-refractivity contribution in [2.24, 2.45) is 0 Å². The number of likely N-dealkylation sites (tertiary alicyclic amines) is 1. The van der Waals surface area contributed by atoms with E-state index in [0.717, 1.165) is 38.2 Å². The highest BCUT2D eigenvalue weighted by Crippen LogP contribution is 2.28. The number of amides is 1. The van der Waals surface area contributed by atoms with Gasteiger partial charge in [0.25, 0.3) is 5.91 Å². The molecule has 0 atom stereocenters. The molecule has 7 nitrogen and oxygen atoms in total. The van der Waals surface area contributed by atoms with Crippen molar-refractivity contribution >= 4 is 5.91 Å². The summed E-state index contributed by atoms with van der Waals surface area (Å²) >= 11 is 0. The third kappa shape index (κ3) is 3.85. The first kappa shape index (κ1) is 18.8. The van der Waals surface area contributed by atoms with Crippen LogP contribution in [0.2, 0.25) is 0 Å². The van der Waals surface area contributed by atoms with Crippen LogP contribution < -0.4 is 4.74 Å². The van der Waals surface area contributed by atoms with Crippen LogP contribution in [0.3, 0.4) is 0 Å². The van der Waals surface area contributed by atoms with E-state index in [0.29, 0.717) is 37.1 Å². The molecule has 0 unspecified atom stereocenters. The molecule has 2 aromatic rings. The second-order valence-electron chi connectivity index (χ2n) is 7.54. The van der Waals surface area contributed by atoms with E-state index in [4.69, 9.17) is 9.72 Å². The molecule has 1 amide bonds. The molecule has 0 aromatic carbocycles. The zero-order valence-corrected chi connectivity index (χ0v) is 16.6. The maximum atomic E-state index is 12.9. The van der Waals surface area contributed by atoms with E-state index < -0.39 is 0 Å². The smallest absolute Gasteiger partial charge is 0.259 e. The van der Waals surface area contributed by atoms with Gasteiger partial charge < -0.3 is 14.5 Å². The number of carbonyl (C=O) groups excluding carboxylic acids is 1. The minimum absolute atomic E-state index is 0.00982. The molecule has 0 radical (unpaired) electrons. The second kappa shape index (κ2) is 8.22. The zero-order chi connectivity index (χ0) is 19.5. The average molecular weight is 381 g/mol. The molecule has 0 bridgehead atoms. The second-order valence-corrected chi connectivity index (χ2v) is 7.54. The Morgan fingerprint density at radius 3 is 2.86 bits per heavy atom. The Kier molecular flexibility index (Phi) is 5.52. The van der Waals surface area contributed by atoms with Gasteiger partial charge in [-0.05, 0) is 38.9 Å². The molecule has 0 spiro atoms. The molecule has 28 heavy (non-hydrogen) atoms. The molecule has 0 N–H and O–H groups in total. The Hall–Kier alpha value is -2.54. The number of nitrogens with zero attached hydrogens (tertiary/aromatic N) is 5. The number of piperidine rings is 1. The molecule has 2 aliphatic heterocycles. The number of likely N-dealkylation sites (N-methyl/N-ethyl adjacent to an activating group) is 1. The maximum Gasteiger partial charge on any atom is 0.259 e. The van der Waals surface area contributed by atoms with Crippen molar-refractivity contribution in [2.75, 3.05) is 33.3 Å². The number of carbonyl (C=O) groups is 1. The van der Waals surface area contributed by atoms with Crippen LogP contribution in [-0.4, -0.2) is 63.9 Å². The third-order valence-electron chi connectivity index (χ3n) is 5.57. The van der Waals surface area contributed by atoms with Crippen LogP contribution in [-0.2, 0) is 13.0 Å². The minimum Gasteiger partial charge on any atom is -0.477 e. The van der Waals surface area contributed by atoms with Crippen LogP contribution in [0.4, 0.5) is 0 Å². The number of rotatable bonds is 4. The lowest BCUT2D eigenvalue weighted by Gasteiger charge is -2.32. The normalized spacial score (nSPS) is 18.0. The highest BCUT2D eigenvalue weighted by atomic mass is 16.5. The number of pyridine rings is 1. The summed E-state index contributed by atoms with van der Waals surface area (Å²) in [6, 6.07) is 3.57. The zero-order valence-electron chi connectivity index (χ0n) is 16.6. The van der Waals surface area contributed by atoms with Gasteiger partial charge in [0.05, 0.1) is 6.61 Å². The van der Waals surface area contributed by atoms with Gasteiger partial charge in [0.2, 0.25) is 5.88 Å². The Balaban J connectivity index is 1.42. The standard InChI is InChI=1S/C21H27N5O2/c1-3-28-20-17(5-4-9-22-20)21(27)26-11-6-15(7-12-26)19-23-13-16-14-25(2)10-8-18(16)24-19/h4-5,9,13,15H,3,6-8,10-12,14H2,1-2H3. The molecular formula is C21H27N5O2. The van der Waals surface area contributed by atoms with Crippen molar-refractivity contribution in [2.45, 2.75) is 38.6 Å². The highest BCUT2D eigenvalue weighted by Gasteiger charge is 2.28. The molecule has 1 saturated heterocycles. The maximum absolute atomic E-state index is 12.9. The van der Waals surface area contributed by atoms with Gasteiger partial charge in [0.15, 0.2) is 0 Å². The summed E-state index contributed by atoms with van der Waals surface area (Å²) in [6.07, 6.45) is 6.40. The Labute approximate surface area is 165 Å². The predicted molar refractivity (Wildman–Crippen MR) is 105 cm³/mol. The van der Waals surface area contributed by atoms with Crippen molar-refractivity contribution < 1.29 is 9.53 Å². The molecule has 0 saturated carbocycles. The molecule has 7 heteroatoms. The minimum atomic E-state index is -0.00982. The Bertz CT molecular complexity index is 848. The number of ether oxygens (including phenoxy) is 1. The average Bonchev–Trinajstić information content (AvgIpc) is 2.74. The highest BCUT2D eigenvalue weighted by molar-refractivity contribution is 5.96. The lowest BCUT2D eigenvalue weighted by atomic mass is 9.95. The molecule has 2 aliphatic rings. The van der Waals surface area contributed by atoms with Crippen molar-refractivity contribution in [1.29, 1.82) is 0 Å². The molecule has 2 aromatic heterocycles. The van der Waals surface area contributed by atoms with Gasteiger partial charge in [-0.2, -0.15) is 0 Å². The number of hydrogen-bond acceptors (Lipinski definition) is 6. The quantitative estimate of drug-likeness (QED) is 0.809. The molecule has 4 rings (SSSR count). The first-order valence-electron chi connectivity index (χ1n) is 10.1. The fourth-order valence-corrected chi connectivity index (χ4v) is 3.99. The summed E-state index contributed by atoms with van der Waals surface area (Å²) in [7, 11) is 2.13. The van der Waals surface area contributed by atoms with Gasteiger partial charge in [0.1, 0.15) is 11.4 Å². The van der Waals surface area contributed by atoms with Crippen LogP contribution in [0, 0.1) is 0 Å². The van der Waals surface area contributed by atoms with Gasteiger partial charge in [-0.25, -0.2) is 15.0 Å². The lowest BCUT2D eigenvalue weighted by Crippen LogP contribution is -2.38. The fourth-order valence-electron chi connectivity index (χ4n) is 3.99. The van der Waals surface area contributed by atoms with Crippen LogP contribution in [0.25, 0.3) is 0 Å². The number of aromatic nitrogens is 3. The monoisotopic (exact) mass is 381 g/mol. The van der Waals surface area contributed by atoms with Crippen molar-refractivity contribution in [3.8, 4) is 5.88 Å². The van der Waals surface area contributed by atoms with Crippen molar-refractivity contribution in [1.82, 2.24) is 24.8 Å². The topological polar surface area (TPSA) is 71.5 Å². The van der Waals surface area contributed by atoms with E-state index in [1.165, 1.54) is 11.3 Å². The van der Waals surface area contributed by atoms with E-state index in [-0.39, 0.29) is 5.91 Å². The van der Waals surface area contributed by atoms with E-state index in [1.807, 2.05) is 18.0 Å². The van der Waals surface area contributed by atoms with E-state index in [9.17, 15) is 4.79 Å². The van der Waals surface area contributed by atoms with E-state index >= 15 is 0 Å². The molecule has 148 valence electrons. The Morgan fingerprint density at radius 2 is 2.07 bits per heavy atom. The summed E-state index contributed by atoms with van der Waals surface area (Å²) in [5.74, 6) is 1.66. The summed E-state index contributed by atoms with van der Waals surface area (Å²) in [6.45, 7) is 5.76. The molecule has 1 fully saturated rings. The lowest BCUT2D eigenvalue weighted by molar-refractivity contribution is 0.0706. The van der Waals surface area contributed by atoms with Crippen LogP contribution in [0.5, 0.6) is 5.88 Å². The van der Waals surface area contributed by atoms with Gasteiger partial charge >= 0.3 is 0 Å². The van der Waals surface area contributed by atoms with Gasteiger partial charge in [-0.1, -0.05) is 0 Å². The Morgan fingerprint density at radius 1 is 1.25 bits per heavy atom. The van der Waals surface area contributed by atoms with E-state index in [1.54, 1.807) is 18.3 Å². The summed E-state index contributed by atoms with van der Waals surface area (Å²) in [5, 5.41) is 0. The van der Waals surface area contributed by atoms with Crippen LogP contribution in [0.1, 0.15) is 53.1 Å². The number of hydrogen-bond donors (Lipinski definition) is 0. The van der Waals surface area contributed by atoms with Crippen molar-refractivity contribution in [3.05, 3.63) is 47.2 Å². The largest absolute Gasteiger partial charge is 0.477 e. The third-order valence-corrected chi connectivity index (χ3v) is 5.57. The first-order chi connectivity index (χ1) is 13.7. The summed E-state index contributed by atoms with van der Waals surface area (Å²) < 4.78 is 5.52. The summed E-state index contributed by atoms with van der Waals surface area (Å²) in [5.41, 5.74) is 2.97. The SMILES string of the molecule is CCOc1ncccc1C(=O)N1CCC(c2ncc3c(n2)CCN(C)C3)CC1. The van der Waals surface area contributed by atoms with Crippen LogP contribution >= 0.6 is 0 Å². The predicted octanol–water partition coefficient (Wildman–Crippen LogP) is 2.28. The fraction of sp³-hybridized carbons (Fsp3) is 0.524. The van der Waals surface area contributed by atoms with Crippen molar-refractivity contribution in [3.63, 3.8) is 0 Å². The summed E-state index contributed by atoms with van der Waals surface area (Å²) in [4.78, 5) is 30.8. The number of fused-ring (bicyclic) bond motifs is 1. The molecular weight excluding hydrogens is 354 g/mol. The van der Waals surface area contributed by atoms with Crippen LogP contribution in [0.15, 0.2) is 24.5 Å². The van der Waals surface area contributed by atoms with Gasteiger partial charge in [0, 0.05) is 62.2 Å². The van der Waals surface area contributed by atoms with E-state index in [2.05, 4.69) is 21.9 Å². The molecule has 0 aliphatic carbocycles.